The Balaban J connectivity index is 2.33. The first-order chi connectivity index (χ1) is 9.01. The Labute approximate surface area is 138 Å². The summed E-state index contributed by atoms with van der Waals surface area (Å²) < 4.78 is 6.24. The lowest BCUT2D eigenvalue weighted by Crippen LogP contribution is -1.92. The summed E-state index contributed by atoms with van der Waals surface area (Å²) in [6.45, 7) is 0. The highest BCUT2D eigenvalue weighted by atomic mass is 79.9. The van der Waals surface area contributed by atoms with E-state index in [9.17, 15) is 0 Å². The van der Waals surface area contributed by atoms with Crippen molar-refractivity contribution in [2.45, 2.75) is 5.88 Å². The summed E-state index contributed by atoms with van der Waals surface area (Å²) in [6, 6.07) is 4.91. The van der Waals surface area contributed by atoms with E-state index in [4.69, 9.17) is 51.1 Å². The number of aromatic nitrogens is 1. The van der Waals surface area contributed by atoms with Gasteiger partial charge in [0.2, 0.25) is 5.88 Å². The van der Waals surface area contributed by atoms with Gasteiger partial charge in [0, 0.05) is 22.6 Å². The number of hydrogen-bond acceptors (Lipinski definition) is 2. The van der Waals surface area contributed by atoms with Crippen LogP contribution in [0.25, 0.3) is 0 Å². The van der Waals surface area contributed by atoms with E-state index in [1.807, 2.05) is 0 Å². The highest BCUT2D eigenvalue weighted by molar-refractivity contribution is 9.10. The molecule has 0 saturated heterocycles. The van der Waals surface area contributed by atoms with Crippen LogP contribution in [0.5, 0.6) is 11.6 Å². The fraction of sp³-hybridized carbons (Fsp3) is 0.0833. The Morgan fingerprint density at radius 2 is 1.79 bits per heavy atom. The second-order valence-electron chi connectivity index (χ2n) is 3.56. The quantitative estimate of drug-likeness (QED) is 0.442. The van der Waals surface area contributed by atoms with E-state index in [2.05, 4.69) is 20.9 Å². The molecule has 0 aliphatic rings. The van der Waals surface area contributed by atoms with Crippen LogP contribution in [-0.2, 0) is 5.88 Å². The van der Waals surface area contributed by atoms with E-state index in [-0.39, 0.29) is 5.88 Å². The summed E-state index contributed by atoms with van der Waals surface area (Å²) >= 11 is 27.1. The van der Waals surface area contributed by atoms with Gasteiger partial charge in [-0.25, -0.2) is 4.98 Å². The number of rotatable bonds is 3. The van der Waals surface area contributed by atoms with Crippen molar-refractivity contribution in [2.75, 3.05) is 0 Å². The molecule has 1 aromatic heterocycles. The molecule has 7 heteroatoms. The summed E-state index contributed by atoms with van der Waals surface area (Å²) in [4.78, 5) is 4.09. The molecule has 2 aromatic rings. The molecule has 0 aliphatic carbocycles. The second-order valence-corrected chi connectivity index (χ2v) is 5.91. The molecule has 0 fully saturated rings. The first-order valence-electron chi connectivity index (χ1n) is 5.04. The molecule has 2 rings (SSSR count). The van der Waals surface area contributed by atoms with Crippen LogP contribution in [0.4, 0.5) is 0 Å². The van der Waals surface area contributed by atoms with Gasteiger partial charge < -0.3 is 4.74 Å². The van der Waals surface area contributed by atoms with E-state index in [0.717, 1.165) is 5.56 Å². The average molecular weight is 402 g/mol. The van der Waals surface area contributed by atoms with E-state index < -0.39 is 0 Å². The van der Waals surface area contributed by atoms with Crippen LogP contribution >= 0.6 is 62.3 Å². The Kier molecular flexibility index (Phi) is 5.21. The number of alkyl halides is 1. The second kappa shape index (κ2) is 6.51. The topological polar surface area (TPSA) is 22.1 Å². The van der Waals surface area contributed by atoms with Crippen LogP contribution in [0.3, 0.4) is 0 Å². The van der Waals surface area contributed by atoms with Gasteiger partial charge in [-0.2, -0.15) is 0 Å². The number of ether oxygens (including phenoxy) is 1. The largest absolute Gasteiger partial charge is 0.436 e. The van der Waals surface area contributed by atoms with Gasteiger partial charge >= 0.3 is 0 Å². The zero-order chi connectivity index (χ0) is 14.0. The molecule has 0 saturated carbocycles. The number of pyridine rings is 1. The predicted octanol–water partition coefficient (Wildman–Crippen LogP) is 6.34. The van der Waals surface area contributed by atoms with Crippen molar-refractivity contribution in [3.63, 3.8) is 0 Å². The van der Waals surface area contributed by atoms with Gasteiger partial charge in [0.25, 0.3) is 0 Å². The molecule has 0 unspecified atom stereocenters. The molecule has 0 N–H and O–H groups in total. The van der Waals surface area contributed by atoms with Gasteiger partial charge in [-0.3, -0.25) is 0 Å². The Hall–Kier alpha value is -0.190. The maximum Gasteiger partial charge on any atom is 0.238 e. The third kappa shape index (κ3) is 3.67. The zero-order valence-electron chi connectivity index (χ0n) is 9.26. The van der Waals surface area contributed by atoms with Crippen LogP contribution < -0.4 is 4.74 Å². The molecule has 1 heterocycles. The summed E-state index contributed by atoms with van der Waals surface area (Å²) in [5.74, 6) is 0.955. The highest BCUT2D eigenvalue weighted by Gasteiger charge is 2.11. The number of halogens is 5. The van der Waals surface area contributed by atoms with Gasteiger partial charge in [0.05, 0.1) is 10.0 Å². The van der Waals surface area contributed by atoms with Crippen molar-refractivity contribution in [1.82, 2.24) is 4.98 Å². The van der Waals surface area contributed by atoms with E-state index in [0.29, 0.717) is 31.2 Å². The SMILES string of the molecule is ClCc1cnc(Oc2cc(Cl)c(Br)cc2Cl)c(Cl)c1. The van der Waals surface area contributed by atoms with Gasteiger partial charge in [-0.15, -0.1) is 11.6 Å². The van der Waals surface area contributed by atoms with Crippen LogP contribution in [0.2, 0.25) is 15.1 Å². The predicted molar refractivity (Wildman–Crippen MR) is 83.0 cm³/mol. The van der Waals surface area contributed by atoms with E-state index in [1.54, 1.807) is 24.4 Å². The molecule has 0 aliphatic heterocycles. The molecule has 0 spiro atoms. The van der Waals surface area contributed by atoms with Crippen molar-refractivity contribution in [1.29, 1.82) is 0 Å². The third-order valence-corrected chi connectivity index (χ3v) is 4.27. The monoisotopic (exact) mass is 399 g/mol. The number of nitrogens with zero attached hydrogens (tertiary/aromatic N) is 1. The van der Waals surface area contributed by atoms with Crippen molar-refractivity contribution < 1.29 is 4.74 Å². The summed E-state index contributed by atoms with van der Waals surface area (Å²) in [5, 5.41) is 1.23. The lowest BCUT2D eigenvalue weighted by molar-refractivity contribution is 0.463. The molecular weight excluding hydrogens is 396 g/mol. The summed E-state index contributed by atoms with van der Waals surface area (Å²) in [5.41, 5.74) is 0.805. The smallest absolute Gasteiger partial charge is 0.238 e. The summed E-state index contributed by atoms with van der Waals surface area (Å²) in [6.07, 6.45) is 1.59. The number of hydrogen-bond donors (Lipinski definition) is 0. The van der Waals surface area contributed by atoms with Crippen LogP contribution in [-0.4, -0.2) is 4.98 Å². The zero-order valence-corrected chi connectivity index (χ0v) is 13.9. The minimum Gasteiger partial charge on any atom is -0.436 e. The van der Waals surface area contributed by atoms with Crippen molar-refractivity contribution in [3.8, 4) is 11.6 Å². The standard InChI is InChI=1S/C12H6BrCl4NO/c13-7-2-9(16)11(3-8(7)15)19-12-10(17)1-6(4-14)5-18-12/h1-3,5H,4H2. The molecule has 0 radical (unpaired) electrons. The van der Waals surface area contributed by atoms with Crippen molar-refractivity contribution >= 4 is 62.3 Å². The molecule has 0 amide bonds. The van der Waals surface area contributed by atoms with Crippen molar-refractivity contribution in [2.24, 2.45) is 0 Å². The lowest BCUT2D eigenvalue weighted by atomic mass is 10.3. The molecule has 2 nitrogen and oxygen atoms in total. The van der Waals surface area contributed by atoms with Crippen molar-refractivity contribution in [3.05, 3.63) is 49.5 Å². The minimum absolute atomic E-state index is 0.246. The highest BCUT2D eigenvalue weighted by Crippen LogP contribution is 2.37. The Morgan fingerprint density at radius 1 is 1.05 bits per heavy atom. The van der Waals surface area contributed by atoms with Gasteiger partial charge in [-0.05, 0) is 33.6 Å². The normalized spacial score (nSPS) is 10.6. The van der Waals surface area contributed by atoms with Gasteiger partial charge in [0.15, 0.2) is 0 Å². The molecule has 19 heavy (non-hydrogen) atoms. The van der Waals surface area contributed by atoms with Crippen LogP contribution in [0, 0.1) is 0 Å². The third-order valence-electron chi connectivity index (χ3n) is 2.20. The van der Waals surface area contributed by atoms with Gasteiger partial charge in [0.1, 0.15) is 10.8 Å². The Bertz CT molecular complexity index is 621. The first kappa shape index (κ1) is 15.2. The molecule has 100 valence electrons. The lowest BCUT2D eigenvalue weighted by Gasteiger charge is -2.10. The average Bonchev–Trinajstić information content (AvgIpc) is 2.38. The van der Waals surface area contributed by atoms with Gasteiger partial charge in [-0.1, -0.05) is 34.8 Å². The molecular formula is C12H6BrCl4NO. The van der Waals surface area contributed by atoms with Crippen LogP contribution in [0.15, 0.2) is 28.9 Å². The molecule has 1 aromatic carbocycles. The maximum atomic E-state index is 6.06. The Morgan fingerprint density at radius 3 is 2.42 bits per heavy atom. The molecule has 0 bridgehead atoms. The van der Waals surface area contributed by atoms with E-state index >= 15 is 0 Å². The first-order valence-corrected chi connectivity index (χ1v) is 7.50. The molecule has 0 atom stereocenters. The van der Waals surface area contributed by atoms with Crippen LogP contribution in [0.1, 0.15) is 5.56 Å². The fourth-order valence-corrected chi connectivity index (χ4v) is 2.50. The minimum atomic E-state index is 0.246. The maximum absolute atomic E-state index is 6.06. The van der Waals surface area contributed by atoms with E-state index in [1.165, 1.54) is 0 Å². The number of benzene rings is 1. The summed E-state index contributed by atoms with van der Waals surface area (Å²) in [7, 11) is 0. The fourth-order valence-electron chi connectivity index (χ4n) is 1.30.